The van der Waals surface area contributed by atoms with Crippen LogP contribution in [0, 0.1) is 0 Å². The SMILES string of the molecule is C=C(C)COc1ccccc1NC(=O)CNC(CC)c1ccccc1. The molecule has 0 aromatic heterocycles. The van der Waals surface area contributed by atoms with Crippen LogP contribution in [-0.4, -0.2) is 19.1 Å². The van der Waals surface area contributed by atoms with E-state index in [1.807, 2.05) is 49.4 Å². The summed E-state index contributed by atoms with van der Waals surface area (Å²) in [4.78, 5) is 12.3. The first-order valence-electron chi connectivity index (χ1n) is 8.54. The standard InChI is InChI=1S/C21H26N2O2/c1-4-18(17-10-6-5-7-11-17)22-14-21(24)23-19-12-8-9-13-20(19)25-15-16(2)3/h5-13,18,22H,2,4,14-15H2,1,3H3,(H,23,24). The first-order chi connectivity index (χ1) is 12.1. The average Bonchev–Trinajstić information content (AvgIpc) is 2.62. The largest absolute Gasteiger partial charge is 0.487 e. The molecule has 2 aromatic rings. The van der Waals surface area contributed by atoms with Gasteiger partial charge in [-0.25, -0.2) is 0 Å². The van der Waals surface area contributed by atoms with Crippen LogP contribution >= 0.6 is 0 Å². The first kappa shape index (κ1) is 18.7. The van der Waals surface area contributed by atoms with Crippen molar-refractivity contribution in [3.05, 3.63) is 72.3 Å². The van der Waals surface area contributed by atoms with Crippen molar-refractivity contribution in [2.75, 3.05) is 18.5 Å². The highest BCUT2D eigenvalue weighted by Crippen LogP contribution is 2.24. The molecule has 1 unspecified atom stereocenters. The van der Waals surface area contributed by atoms with E-state index in [1.54, 1.807) is 0 Å². The van der Waals surface area contributed by atoms with Crippen molar-refractivity contribution in [2.45, 2.75) is 26.3 Å². The van der Waals surface area contributed by atoms with Gasteiger partial charge >= 0.3 is 0 Å². The second kappa shape index (κ2) is 9.64. The summed E-state index contributed by atoms with van der Waals surface area (Å²) < 4.78 is 5.68. The normalized spacial score (nSPS) is 11.6. The minimum atomic E-state index is -0.0965. The third-order valence-corrected chi connectivity index (χ3v) is 3.75. The molecular weight excluding hydrogens is 312 g/mol. The van der Waals surface area contributed by atoms with Gasteiger partial charge in [0.25, 0.3) is 0 Å². The Hall–Kier alpha value is -2.59. The number of nitrogens with one attached hydrogen (secondary N) is 2. The monoisotopic (exact) mass is 338 g/mol. The van der Waals surface area contributed by atoms with Gasteiger partial charge in [-0.05, 0) is 36.6 Å². The maximum atomic E-state index is 12.3. The van der Waals surface area contributed by atoms with Crippen LogP contribution < -0.4 is 15.4 Å². The second-order valence-electron chi connectivity index (χ2n) is 6.04. The summed E-state index contributed by atoms with van der Waals surface area (Å²) >= 11 is 0. The van der Waals surface area contributed by atoms with Crippen LogP contribution in [0.3, 0.4) is 0 Å². The van der Waals surface area contributed by atoms with Gasteiger partial charge in [0.05, 0.1) is 12.2 Å². The summed E-state index contributed by atoms with van der Waals surface area (Å²) in [5, 5.41) is 6.22. The minimum absolute atomic E-state index is 0.0965. The maximum Gasteiger partial charge on any atom is 0.238 e. The third kappa shape index (κ3) is 6.08. The fourth-order valence-corrected chi connectivity index (χ4v) is 2.49. The van der Waals surface area contributed by atoms with Gasteiger partial charge in [0, 0.05) is 6.04 Å². The molecular formula is C21H26N2O2. The number of hydrogen-bond donors (Lipinski definition) is 2. The Kier molecular flexibility index (Phi) is 7.23. The molecule has 1 atom stereocenters. The molecule has 0 fully saturated rings. The molecule has 4 heteroatoms. The zero-order valence-corrected chi connectivity index (χ0v) is 14.9. The van der Waals surface area contributed by atoms with Crippen LogP contribution in [0.2, 0.25) is 0 Å². The molecule has 0 heterocycles. The number of amides is 1. The van der Waals surface area contributed by atoms with Crippen LogP contribution in [0.25, 0.3) is 0 Å². The number of rotatable bonds is 9. The van der Waals surface area contributed by atoms with Crippen molar-refractivity contribution in [1.82, 2.24) is 5.32 Å². The Morgan fingerprint density at radius 2 is 1.80 bits per heavy atom. The van der Waals surface area contributed by atoms with Crippen molar-refractivity contribution in [3.8, 4) is 5.75 Å². The van der Waals surface area contributed by atoms with Gasteiger partial charge in [-0.3, -0.25) is 4.79 Å². The molecule has 0 aliphatic carbocycles. The lowest BCUT2D eigenvalue weighted by molar-refractivity contribution is -0.115. The summed E-state index contributed by atoms with van der Waals surface area (Å²) in [7, 11) is 0. The number of ether oxygens (including phenoxy) is 1. The lowest BCUT2D eigenvalue weighted by atomic mass is 10.0. The molecule has 0 radical (unpaired) electrons. The predicted molar refractivity (Wildman–Crippen MR) is 103 cm³/mol. The summed E-state index contributed by atoms with van der Waals surface area (Å²) in [5.41, 5.74) is 2.78. The number of benzene rings is 2. The van der Waals surface area contributed by atoms with E-state index in [0.717, 1.165) is 12.0 Å². The van der Waals surface area contributed by atoms with E-state index in [9.17, 15) is 4.79 Å². The topological polar surface area (TPSA) is 50.4 Å². The van der Waals surface area contributed by atoms with Crippen molar-refractivity contribution in [3.63, 3.8) is 0 Å². The zero-order chi connectivity index (χ0) is 18.1. The van der Waals surface area contributed by atoms with Gasteiger partial charge < -0.3 is 15.4 Å². The van der Waals surface area contributed by atoms with E-state index in [0.29, 0.717) is 18.0 Å². The Morgan fingerprint density at radius 1 is 1.12 bits per heavy atom. The summed E-state index contributed by atoms with van der Waals surface area (Å²) in [5.74, 6) is 0.551. The average molecular weight is 338 g/mol. The number of anilines is 1. The van der Waals surface area contributed by atoms with E-state index in [-0.39, 0.29) is 18.5 Å². The Labute approximate surface area is 149 Å². The Balaban J connectivity index is 1.93. The van der Waals surface area contributed by atoms with Gasteiger partial charge in [-0.2, -0.15) is 0 Å². The molecule has 4 nitrogen and oxygen atoms in total. The van der Waals surface area contributed by atoms with E-state index in [4.69, 9.17) is 4.74 Å². The van der Waals surface area contributed by atoms with Crippen LogP contribution in [0.5, 0.6) is 5.75 Å². The molecule has 2 rings (SSSR count). The molecule has 2 aromatic carbocycles. The summed E-state index contributed by atoms with van der Waals surface area (Å²) in [6.45, 7) is 8.49. The molecule has 1 amide bonds. The van der Waals surface area contributed by atoms with Gasteiger partial charge in [-0.1, -0.05) is 56.0 Å². The zero-order valence-electron chi connectivity index (χ0n) is 14.9. The van der Waals surface area contributed by atoms with Gasteiger partial charge in [0.15, 0.2) is 0 Å². The lowest BCUT2D eigenvalue weighted by Crippen LogP contribution is -2.31. The number of hydrogen-bond acceptors (Lipinski definition) is 3. The molecule has 2 N–H and O–H groups in total. The highest BCUT2D eigenvalue weighted by molar-refractivity contribution is 5.93. The number of carbonyl (C=O) groups is 1. The maximum absolute atomic E-state index is 12.3. The lowest BCUT2D eigenvalue weighted by Gasteiger charge is -2.18. The predicted octanol–water partition coefficient (Wildman–Crippen LogP) is 4.32. The Morgan fingerprint density at radius 3 is 2.48 bits per heavy atom. The molecule has 0 bridgehead atoms. The van der Waals surface area contributed by atoms with Crippen molar-refractivity contribution < 1.29 is 9.53 Å². The summed E-state index contributed by atoms with van der Waals surface area (Å²) in [6, 6.07) is 17.7. The van der Waals surface area contributed by atoms with Crippen LogP contribution in [0.15, 0.2) is 66.7 Å². The van der Waals surface area contributed by atoms with Crippen molar-refractivity contribution in [1.29, 1.82) is 0 Å². The third-order valence-electron chi connectivity index (χ3n) is 3.75. The molecule has 0 aliphatic heterocycles. The van der Waals surface area contributed by atoms with Crippen LogP contribution in [0.1, 0.15) is 31.9 Å². The number of carbonyl (C=O) groups excluding carboxylic acids is 1. The molecule has 0 saturated carbocycles. The van der Waals surface area contributed by atoms with Crippen LogP contribution in [0.4, 0.5) is 5.69 Å². The Bertz CT molecular complexity index is 698. The van der Waals surface area contributed by atoms with Crippen molar-refractivity contribution in [2.24, 2.45) is 0 Å². The van der Waals surface area contributed by atoms with Gasteiger partial charge in [-0.15, -0.1) is 0 Å². The fourth-order valence-electron chi connectivity index (χ4n) is 2.49. The van der Waals surface area contributed by atoms with E-state index in [1.165, 1.54) is 5.56 Å². The molecule has 0 spiro atoms. The van der Waals surface area contributed by atoms with Gasteiger partial charge in [0.2, 0.25) is 5.91 Å². The van der Waals surface area contributed by atoms with Crippen molar-refractivity contribution >= 4 is 11.6 Å². The first-order valence-corrected chi connectivity index (χ1v) is 8.54. The molecule has 0 aliphatic rings. The quantitative estimate of drug-likeness (QED) is 0.670. The number of para-hydroxylation sites is 2. The smallest absolute Gasteiger partial charge is 0.238 e. The molecule has 132 valence electrons. The second-order valence-corrected chi connectivity index (χ2v) is 6.04. The van der Waals surface area contributed by atoms with E-state index in [2.05, 4.69) is 36.3 Å². The highest BCUT2D eigenvalue weighted by atomic mass is 16.5. The summed E-state index contributed by atoms with van der Waals surface area (Å²) in [6.07, 6.45) is 0.912. The molecule has 25 heavy (non-hydrogen) atoms. The van der Waals surface area contributed by atoms with E-state index >= 15 is 0 Å². The highest BCUT2D eigenvalue weighted by Gasteiger charge is 2.12. The van der Waals surface area contributed by atoms with E-state index < -0.39 is 0 Å². The fraction of sp³-hybridized carbons (Fsp3) is 0.286. The minimum Gasteiger partial charge on any atom is -0.487 e. The van der Waals surface area contributed by atoms with Crippen LogP contribution in [-0.2, 0) is 4.79 Å². The van der Waals surface area contributed by atoms with Gasteiger partial charge in [0.1, 0.15) is 12.4 Å². The molecule has 0 saturated heterocycles.